The van der Waals surface area contributed by atoms with E-state index in [0.29, 0.717) is 4.47 Å². The van der Waals surface area contributed by atoms with Crippen molar-refractivity contribution in [2.45, 2.75) is 18.7 Å². The molecule has 2 aliphatic rings. The summed E-state index contributed by atoms with van der Waals surface area (Å²) in [5.41, 5.74) is 3.94. The van der Waals surface area contributed by atoms with Crippen LogP contribution in [0.5, 0.6) is 11.5 Å². The highest BCUT2D eigenvalue weighted by Crippen LogP contribution is 2.47. The van der Waals surface area contributed by atoms with Gasteiger partial charge in [0.1, 0.15) is 17.3 Å². The van der Waals surface area contributed by atoms with Gasteiger partial charge in [-0.3, -0.25) is 0 Å². The Kier molecular flexibility index (Phi) is 4.51. The molecule has 3 aromatic rings. The van der Waals surface area contributed by atoms with Crippen molar-refractivity contribution in [3.8, 4) is 11.5 Å². The fraction of sp³-hybridized carbons (Fsp3) is 0.174. The lowest BCUT2D eigenvalue weighted by Crippen LogP contribution is -2.33. The highest BCUT2D eigenvalue weighted by Gasteiger charge is 2.41. The molecule has 4 nitrogen and oxygen atoms in total. The van der Waals surface area contributed by atoms with Gasteiger partial charge < -0.3 is 9.47 Å². The Morgan fingerprint density at radius 2 is 1.97 bits per heavy atom. The van der Waals surface area contributed by atoms with Gasteiger partial charge in [0.25, 0.3) is 0 Å². The summed E-state index contributed by atoms with van der Waals surface area (Å²) in [7, 11) is 1.66. The van der Waals surface area contributed by atoms with E-state index in [4.69, 9.17) is 14.6 Å². The van der Waals surface area contributed by atoms with Gasteiger partial charge in [0.05, 0.1) is 23.3 Å². The number of nitrogens with zero attached hydrogens (tertiary/aromatic N) is 2. The van der Waals surface area contributed by atoms with Gasteiger partial charge in [-0.15, -0.1) is 0 Å². The number of hydrazone groups is 1. The summed E-state index contributed by atoms with van der Waals surface area (Å²) in [6, 6.07) is 20.9. The first-order valence-corrected chi connectivity index (χ1v) is 10.1. The van der Waals surface area contributed by atoms with Crippen LogP contribution in [0.2, 0.25) is 0 Å². The maximum atomic E-state index is 13.8. The van der Waals surface area contributed by atoms with E-state index in [1.165, 1.54) is 6.07 Å². The van der Waals surface area contributed by atoms with Crippen molar-refractivity contribution < 1.29 is 13.9 Å². The summed E-state index contributed by atoms with van der Waals surface area (Å²) in [4.78, 5) is 0. The minimum absolute atomic E-state index is 0.0509. The van der Waals surface area contributed by atoms with Crippen LogP contribution in [0.15, 0.2) is 76.3 Å². The fourth-order valence-electron chi connectivity index (χ4n) is 3.90. The number of para-hydroxylation sites is 1. The van der Waals surface area contributed by atoms with Crippen molar-refractivity contribution in [2.75, 3.05) is 7.11 Å². The molecular weight excluding hydrogens is 435 g/mol. The van der Waals surface area contributed by atoms with Crippen molar-refractivity contribution in [1.29, 1.82) is 0 Å². The number of methoxy groups -OCH3 is 1. The van der Waals surface area contributed by atoms with Gasteiger partial charge in [-0.25, -0.2) is 9.40 Å². The molecule has 3 aromatic carbocycles. The van der Waals surface area contributed by atoms with E-state index in [1.807, 2.05) is 47.5 Å². The molecule has 0 saturated heterocycles. The van der Waals surface area contributed by atoms with Gasteiger partial charge in [0.2, 0.25) is 6.23 Å². The Balaban J connectivity index is 1.59. The van der Waals surface area contributed by atoms with Gasteiger partial charge in [-0.2, -0.15) is 5.10 Å². The summed E-state index contributed by atoms with van der Waals surface area (Å²) in [5, 5.41) is 6.91. The van der Waals surface area contributed by atoms with Crippen molar-refractivity contribution in [2.24, 2.45) is 5.10 Å². The second-order valence-corrected chi connectivity index (χ2v) is 7.91. The standard InChI is InChI=1S/C23H18BrFN2O2/c1-28-16-6-4-5-14(11-16)20-13-21-17-7-2-3-8-22(17)29-23(27(21)26-20)15-9-10-19(25)18(24)12-15/h2-12,21,23H,13H2,1H3/t21-,23+/m1/s1. The van der Waals surface area contributed by atoms with Gasteiger partial charge in [-0.05, 0) is 46.3 Å². The summed E-state index contributed by atoms with van der Waals surface area (Å²) in [5.74, 6) is 1.33. The molecule has 0 amide bonds. The third kappa shape index (κ3) is 3.17. The molecule has 0 radical (unpaired) electrons. The summed E-state index contributed by atoms with van der Waals surface area (Å²) in [6.45, 7) is 0. The average molecular weight is 453 g/mol. The summed E-state index contributed by atoms with van der Waals surface area (Å²) >= 11 is 3.28. The zero-order valence-corrected chi connectivity index (χ0v) is 17.3. The molecule has 5 rings (SSSR count). The Morgan fingerprint density at radius 1 is 1.10 bits per heavy atom. The second-order valence-electron chi connectivity index (χ2n) is 7.06. The molecule has 29 heavy (non-hydrogen) atoms. The third-order valence-corrected chi connectivity index (χ3v) is 5.94. The highest BCUT2D eigenvalue weighted by atomic mass is 79.9. The van der Waals surface area contributed by atoms with Crippen LogP contribution in [0.25, 0.3) is 0 Å². The molecular formula is C23H18BrFN2O2. The molecule has 0 fully saturated rings. The van der Waals surface area contributed by atoms with Gasteiger partial charge in [-0.1, -0.05) is 36.4 Å². The molecule has 2 atom stereocenters. The Bertz CT molecular complexity index is 1120. The average Bonchev–Trinajstić information content (AvgIpc) is 3.21. The molecule has 2 heterocycles. The van der Waals surface area contributed by atoms with Crippen LogP contribution < -0.4 is 9.47 Å². The molecule has 0 N–H and O–H groups in total. The maximum absolute atomic E-state index is 13.8. The van der Waals surface area contributed by atoms with Crippen LogP contribution in [-0.4, -0.2) is 17.8 Å². The van der Waals surface area contributed by atoms with Crippen LogP contribution in [0, 0.1) is 5.82 Å². The van der Waals surface area contributed by atoms with Crippen molar-refractivity contribution in [3.05, 3.63) is 93.7 Å². The second kappa shape index (κ2) is 7.19. The zero-order chi connectivity index (χ0) is 20.0. The Hall–Kier alpha value is -2.86. The van der Waals surface area contributed by atoms with E-state index in [0.717, 1.165) is 40.3 Å². The topological polar surface area (TPSA) is 34.1 Å². The van der Waals surface area contributed by atoms with E-state index in [1.54, 1.807) is 19.2 Å². The number of ether oxygens (including phenoxy) is 2. The third-order valence-electron chi connectivity index (χ3n) is 5.33. The number of fused-ring (bicyclic) bond motifs is 3. The first kappa shape index (κ1) is 18.2. The normalized spacial score (nSPS) is 19.8. The molecule has 0 saturated carbocycles. The first-order valence-electron chi connectivity index (χ1n) is 9.35. The number of hydrogen-bond acceptors (Lipinski definition) is 4. The SMILES string of the molecule is COc1cccc(C2=NN3[C@H](C2)c2ccccc2O[C@H]3c2ccc(F)c(Br)c2)c1. The van der Waals surface area contributed by atoms with Crippen LogP contribution in [0.1, 0.15) is 35.4 Å². The Morgan fingerprint density at radius 3 is 2.79 bits per heavy atom. The maximum Gasteiger partial charge on any atom is 0.213 e. The largest absolute Gasteiger partial charge is 0.497 e. The van der Waals surface area contributed by atoms with Crippen LogP contribution in [0.3, 0.4) is 0 Å². The van der Waals surface area contributed by atoms with E-state index < -0.39 is 6.23 Å². The van der Waals surface area contributed by atoms with E-state index in [2.05, 4.69) is 22.0 Å². The lowest BCUT2D eigenvalue weighted by molar-refractivity contribution is -0.0191. The van der Waals surface area contributed by atoms with Crippen molar-refractivity contribution in [3.63, 3.8) is 0 Å². The predicted molar refractivity (Wildman–Crippen MR) is 113 cm³/mol. The number of halogens is 2. The van der Waals surface area contributed by atoms with Crippen LogP contribution in [-0.2, 0) is 0 Å². The molecule has 0 aliphatic carbocycles. The minimum atomic E-state index is -0.435. The van der Waals surface area contributed by atoms with Gasteiger partial charge in [0.15, 0.2) is 0 Å². The number of benzene rings is 3. The molecule has 0 spiro atoms. The first-order chi connectivity index (χ1) is 14.1. The van der Waals surface area contributed by atoms with Crippen molar-refractivity contribution >= 4 is 21.6 Å². The van der Waals surface area contributed by atoms with Crippen molar-refractivity contribution in [1.82, 2.24) is 5.01 Å². The fourth-order valence-corrected chi connectivity index (χ4v) is 4.29. The lowest BCUT2D eigenvalue weighted by Gasteiger charge is -2.38. The molecule has 146 valence electrons. The van der Waals surface area contributed by atoms with E-state index in [9.17, 15) is 4.39 Å². The van der Waals surface area contributed by atoms with Gasteiger partial charge >= 0.3 is 0 Å². The lowest BCUT2D eigenvalue weighted by atomic mass is 9.96. The molecule has 0 aromatic heterocycles. The Labute approximate surface area is 176 Å². The highest BCUT2D eigenvalue weighted by molar-refractivity contribution is 9.10. The molecule has 0 unspecified atom stereocenters. The number of hydrogen-bond donors (Lipinski definition) is 0. The smallest absolute Gasteiger partial charge is 0.213 e. The molecule has 0 bridgehead atoms. The monoisotopic (exact) mass is 452 g/mol. The molecule has 6 heteroatoms. The van der Waals surface area contributed by atoms with Gasteiger partial charge in [0, 0.05) is 23.1 Å². The zero-order valence-electron chi connectivity index (χ0n) is 15.7. The number of rotatable bonds is 3. The quantitative estimate of drug-likeness (QED) is 0.500. The van der Waals surface area contributed by atoms with Crippen LogP contribution >= 0.6 is 15.9 Å². The predicted octanol–water partition coefficient (Wildman–Crippen LogP) is 5.84. The summed E-state index contributed by atoms with van der Waals surface area (Å²) in [6.07, 6.45) is 0.321. The van der Waals surface area contributed by atoms with E-state index >= 15 is 0 Å². The minimum Gasteiger partial charge on any atom is -0.497 e. The van der Waals surface area contributed by atoms with E-state index in [-0.39, 0.29) is 11.9 Å². The van der Waals surface area contributed by atoms with Crippen LogP contribution in [0.4, 0.5) is 4.39 Å². The molecule has 2 aliphatic heterocycles. The summed E-state index contributed by atoms with van der Waals surface area (Å²) < 4.78 is 25.9.